The van der Waals surface area contributed by atoms with Gasteiger partial charge in [0.2, 0.25) is 0 Å². The molecule has 0 aliphatic carbocycles. The van der Waals surface area contributed by atoms with Crippen LogP contribution in [-0.2, 0) is 0 Å². The largest absolute Gasteiger partial charge is 0.504 e. The van der Waals surface area contributed by atoms with Gasteiger partial charge in [0.15, 0.2) is 11.5 Å². The van der Waals surface area contributed by atoms with Crippen molar-refractivity contribution in [1.82, 2.24) is 20.2 Å². The number of benzene rings is 3. The molecule has 0 saturated carbocycles. The summed E-state index contributed by atoms with van der Waals surface area (Å²) < 4.78 is 6.68. The number of hydrogen-bond donors (Lipinski definition) is 2. The number of fused-ring (bicyclic) bond motifs is 1. The van der Waals surface area contributed by atoms with Crippen LogP contribution in [0.25, 0.3) is 16.5 Å². The summed E-state index contributed by atoms with van der Waals surface area (Å²) >= 11 is 0. The minimum atomic E-state index is 0.0718. The summed E-state index contributed by atoms with van der Waals surface area (Å²) in [6.45, 7) is 0. The quantitative estimate of drug-likeness (QED) is 0.419. The van der Waals surface area contributed by atoms with Crippen LogP contribution in [0.4, 0.5) is 5.95 Å². The fourth-order valence-corrected chi connectivity index (χ4v) is 2.75. The zero-order valence-corrected chi connectivity index (χ0v) is 14.4. The molecule has 2 N–H and O–H groups in total. The molecule has 0 bridgehead atoms. The minimum absolute atomic E-state index is 0.0718. The lowest BCUT2D eigenvalue weighted by Gasteiger charge is -2.07. The molecule has 1 aromatic heterocycles. The van der Waals surface area contributed by atoms with Crippen LogP contribution in [0, 0.1) is 0 Å². The molecule has 0 amide bonds. The molecule has 0 unspecified atom stereocenters. The Bertz CT molecular complexity index is 1120. The number of phenolic OH excluding ortho intramolecular Hbond substituents is 1. The van der Waals surface area contributed by atoms with E-state index in [1.165, 1.54) is 7.11 Å². The Morgan fingerprint density at radius 3 is 2.85 bits per heavy atom. The van der Waals surface area contributed by atoms with Crippen molar-refractivity contribution in [2.75, 3.05) is 12.5 Å². The fourth-order valence-electron chi connectivity index (χ4n) is 2.75. The summed E-state index contributed by atoms with van der Waals surface area (Å²) in [4.78, 5) is 0. The number of nitrogens with zero attached hydrogens (tertiary/aromatic N) is 5. The molecule has 0 aliphatic rings. The normalized spacial score (nSPS) is 11.1. The zero-order chi connectivity index (χ0) is 18.6. The Kier molecular flexibility index (Phi) is 4.36. The van der Waals surface area contributed by atoms with Crippen LogP contribution in [0.1, 0.15) is 5.56 Å². The number of methoxy groups -OCH3 is 1. The second kappa shape index (κ2) is 7.12. The summed E-state index contributed by atoms with van der Waals surface area (Å²) in [5.41, 5.74) is 4.45. The third-order valence-corrected chi connectivity index (χ3v) is 4.05. The fraction of sp³-hybridized carbons (Fsp3) is 0.0526. The van der Waals surface area contributed by atoms with Crippen molar-refractivity contribution in [3.05, 3.63) is 66.2 Å². The van der Waals surface area contributed by atoms with Gasteiger partial charge in [-0.3, -0.25) is 0 Å². The lowest BCUT2D eigenvalue weighted by Crippen LogP contribution is -2.04. The van der Waals surface area contributed by atoms with E-state index in [2.05, 4.69) is 26.1 Å². The summed E-state index contributed by atoms with van der Waals surface area (Å²) in [5, 5.41) is 27.7. The molecule has 3 aromatic carbocycles. The molecular formula is C19H16N6O2. The number of tetrazole rings is 1. The van der Waals surface area contributed by atoms with Crippen LogP contribution in [-0.4, -0.2) is 38.6 Å². The first-order chi connectivity index (χ1) is 13.3. The van der Waals surface area contributed by atoms with E-state index in [1.807, 2.05) is 42.5 Å². The van der Waals surface area contributed by atoms with Gasteiger partial charge in [-0.15, -0.1) is 0 Å². The lowest BCUT2D eigenvalue weighted by atomic mass is 10.1. The van der Waals surface area contributed by atoms with Gasteiger partial charge in [-0.2, -0.15) is 9.78 Å². The van der Waals surface area contributed by atoms with Gasteiger partial charge in [0.25, 0.3) is 5.95 Å². The van der Waals surface area contributed by atoms with Crippen LogP contribution in [0.15, 0.2) is 65.8 Å². The Morgan fingerprint density at radius 1 is 1.11 bits per heavy atom. The smallest absolute Gasteiger partial charge is 0.268 e. The van der Waals surface area contributed by atoms with E-state index in [-0.39, 0.29) is 5.75 Å². The summed E-state index contributed by atoms with van der Waals surface area (Å²) in [6, 6.07) is 18.9. The van der Waals surface area contributed by atoms with E-state index in [4.69, 9.17) is 4.74 Å². The molecular weight excluding hydrogens is 344 g/mol. The molecule has 0 aliphatic heterocycles. The summed E-state index contributed by atoms with van der Waals surface area (Å²) in [5.74, 6) is 0.829. The Morgan fingerprint density at radius 2 is 1.96 bits per heavy atom. The molecule has 8 nitrogen and oxygen atoms in total. The van der Waals surface area contributed by atoms with Crippen molar-refractivity contribution >= 4 is 22.9 Å². The number of aromatic nitrogens is 4. The average Bonchev–Trinajstić information content (AvgIpc) is 3.17. The summed E-state index contributed by atoms with van der Waals surface area (Å²) in [6.07, 6.45) is 1.59. The highest BCUT2D eigenvalue weighted by atomic mass is 16.5. The third kappa shape index (κ3) is 3.28. The van der Waals surface area contributed by atoms with Crippen molar-refractivity contribution < 1.29 is 9.84 Å². The predicted octanol–water partition coefficient (Wildman–Crippen LogP) is 2.98. The first kappa shape index (κ1) is 16.5. The molecule has 0 saturated heterocycles. The molecule has 8 heteroatoms. The van der Waals surface area contributed by atoms with E-state index in [0.29, 0.717) is 11.7 Å². The number of aromatic hydroxyl groups is 1. The van der Waals surface area contributed by atoms with Gasteiger partial charge in [0.1, 0.15) is 0 Å². The Balaban J connectivity index is 1.61. The highest BCUT2D eigenvalue weighted by molar-refractivity contribution is 5.90. The second-order valence-electron chi connectivity index (χ2n) is 5.71. The van der Waals surface area contributed by atoms with Crippen LogP contribution in [0.3, 0.4) is 0 Å². The van der Waals surface area contributed by atoms with Crippen molar-refractivity contribution in [2.45, 2.75) is 0 Å². The molecule has 0 radical (unpaired) electrons. The van der Waals surface area contributed by atoms with Gasteiger partial charge in [-0.25, -0.2) is 5.43 Å². The van der Waals surface area contributed by atoms with Gasteiger partial charge in [-0.1, -0.05) is 41.5 Å². The maximum absolute atomic E-state index is 9.64. The number of hydrazone groups is 1. The van der Waals surface area contributed by atoms with Gasteiger partial charge >= 0.3 is 0 Å². The number of hydrogen-bond acceptors (Lipinski definition) is 7. The monoisotopic (exact) mass is 360 g/mol. The average molecular weight is 360 g/mol. The Labute approximate surface area is 154 Å². The lowest BCUT2D eigenvalue weighted by molar-refractivity contribution is 0.373. The van der Waals surface area contributed by atoms with Crippen LogP contribution < -0.4 is 10.2 Å². The van der Waals surface area contributed by atoms with Crippen molar-refractivity contribution in [3.8, 4) is 17.2 Å². The first-order valence-electron chi connectivity index (χ1n) is 8.19. The molecule has 4 rings (SSSR count). The maximum atomic E-state index is 9.64. The standard InChI is InChI=1S/C19H16N6O2/c1-27-18-11-13(9-10-17(18)26)12-20-21-19-22-23-24-25(19)16-8-4-6-14-5-2-3-7-15(14)16/h2-12,26H,1H3,(H,21,22,24). The van der Waals surface area contributed by atoms with Crippen LogP contribution in [0.5, 0.6) is 11.5 Å². The van der Waals surface area contributed by atoms with Crippen molar-refractivity contribution in [2.24, 2.45) is 5.10 Å². The number of rotatable bonds is 5. The molecule has 134 valence electrons. The number of phenols is 1. The van der Waals surface area contributed by atoms with Gasteiger partial charge in [-0.05, 0) is 45.6 Å². The topological polar surface area (TPSA) is 97.5 Å². The van der Waals surface area contributed by atoms with E-state index in [9.17, 15) is 5.11 Å². The number of anilines is 1. The maximum Gasteiger partial charge on any atom is 0.268 e. The third-order valence-electron chi connectivity index (χ3n) is 4.05. The first-order valence-corrected chi connectivity index (χ1v) is 8.19. The van der Waals surface area contributed by atoms with E-state index < -0.39 is 0 Å². The van der Waals surface area contributed by atoms with E-state index in [1.54, 1.807) is 29.1 Å². The summed E-state index contributed by atoms with van der Waals surface area (Å²) in [7, 11) is 1.49. The van der Waals surface area contributed by atoms with Crippen LogP contribution in [0.2, 0.25) is 0 Å². The molecule has 0 atom stereocenters. The van der Waals surface area contributed by atoms with Crippen LogP contribution >= 0.6 is 0 Å². The second-order valence-corrected chi connectivity index (χ2v) is 5.71. The van der Waals surface area contributed by atoms with E-state index >= 15 is 0 Å². The minimum Gasteiger partial charge on any atom is -0.504 e. The molecule has 0 fully saturated rings. The van der Waals surface area contributed by atoms with Crippen molar-refractivity contribution in [3.63, 3.8) is 0 Å². The Hall–Kier alpha value is -3.94. The van der Waals surface area contributed by atoms with Gasteiger partial charge in [0.05, 0.1) is 19.0 Å². The molecule has 0 spiro atoms. The van der Waals surface area contributed by atoms with Crippen molar-refractivity contribution in [1.29, 1.82) is 0 Å². The number of ether oxygens (including phenoxy) is 1. The highest BCUT2D eigenvalue weighted by Gasteiger charge is 2.10. The zero-order valence-electron chi connectivity index (χ0n) is 14.4. The molecule has 27 heavy (non-hydrogen) atoms. The molecule has 1 heterocycles. The van der Waals surface area contributed by atoms with Gasteiger partial charge < -0.3 is 9.84 Å². The number of nitrogens with one attached hydrogen (secondary N) is 1. The predicted molar refractivity (Wildman–Crippen MR) is 103 cm³/mol. The van der Waals surface area contributed by atoms with E-state index in [0.717, 1.165) is 22.0 Å². The SMILES string of the molecule is COc1cc(C=NNc2nnnn2-c2cccc3ccccc23)ccc1O. The van der Waals surface area contributed by atoms with Gasteiger partial charge in [0, 0.05) is 5.39 Å². The highest BCUT2D eigenvalue weighted by Crippen LogP contribution is 2.26. The molecule has 4 aromatic rings.